The average Bonchev–Trinajstić information content (AvgIpc) is 2.49. The molecule has 0 bridgehead atoms. The number of nitrogens with one attached hydrogen (secondary N) is 2. The summed E-state index contributed by atoms with van der Waals surface area (Å²) in [7, 11) is 0. The number of amides is 1. The first-order chi connectivity index (χ1) is 11.0. The number of carbonyl (C=O) groups is 1. The minimum atomic E-state index is -2.93. The molecule has 2 aromatic carbocycles. The molecule has 0 fully saturated rings. The summed E-state index contributed by atoms with van der Waals surface area (Å²) in [5, 5.41) is 5.83. The van der Waals surface area contributed by atoms with E-state index in [4.69, 9.17) is 11.6 Å². The maximum absolute atomic E-state index is 12.3. The molecular formula is C16H15ClF2N2O2. The van der Waals surface area contributed by atoms with E-state index in [2.05, 4.69) is 15.4 Å². The lowest BCUT2D eigenvalue weighted by atomic mass is 10.2. The zero-order valence-corrected chi connectivity index (χ0v) is 13.0. The summed E-state index contributed by atoms with van der Waals surface area (Å²) in [5.74, 6) is -0.383. The maximum atomic E-state index is 12.3. The second kappa shape index (κ2) is 7.78. The Morgan fingerprint density at radius 3 is 2.65 bits per heavy atom. The van der Waals surface area contributed by atoms with Gasteiger partial charge in [-0.05, 0) is 36.8 Å². The lowest BCUT2D eigenvalue weighted by molar-refractivity contribution is -0.114. The number of halogens is 3. The number of rotatable bonds is 6. The number of anilines is 2. The highest BCUT2D eigenvalue weighted by Gasteiger charge is 2.11. The molecule has 0 spiro atoms. The molecule has 0 heterocycles. The summed E-state index contributed by atoms with van der Waals surface area (Å²) < 4.78 is 29.0. The van der Waals surface area contributed by atoms with Gasteiger partial charge in [-0.3, -0.25) is 4.79 Å². The molecule has 0 aromatic heterocycles. The van der Waals surface area contributed by atoms with Crippen LogP contribution in [-0.2, 0) is 4.79 Å². The molecule has 2 rings (SSSR count). The fraction of sp³-hybridized carbons (Fsp3) is 0.188. The Balaban J connectivity index is 1.97. The van der Waals surface area contributed by atoms with E-state index in [-0.39, 0.29) is 18.2 Å². The average molecular weight is 341 g/mol. The summed E-state index contributed by atoms with van der Waals surface area (Å²) in [6.07, 6.45) is 0. The standard InChI is InChI=1S/C16H15ClF2N2O2/c1-10-6-7-12(11(17)8-10)21-15(22)9-20-13-4-2-3-5-14(13)23-16(18)19/h2-8,16,20H,9H2,1H3,(H,21,22). The third-order valence-corrected chi connectivity index (χ3v) is 3.25. The second-order valence-electron chi connectivity index (χ2n) is 4.76. The van der Waals surface area contributed by atoms with Crippen molar-refractivity contribution in [2.75, 3.05) is 17.2 Å². The molecule has 0 aliphatic rings. The number of ether oxygens (including phenoxy) is 1. The summed E-state index contributed by atoms with van der Waals surface area (Å²) in [6, 6.07) is 11.4. The Bertz CT molecular complexity index is 696. The number of benzene rings is 2. The van der Waals surface area contributed by atoms with E-state index in [1.807, 2.05) is 13.0 Å². The van der Waals surface area contributed by atoms with E-state index < -0.39 is 6.61 Å². The molecule has 2 aromatic rings. The SMILES string of the molecule is Cc1ccc(NC(=O)CNc2ccccc2OC(F)F)c(Cl)c1. The molecule has 7 heteroatoms. The maximum Gasteiger partial charge on any atom is 0.387 e. The summed E-state index contributed by atoms with van der Waals surface area (Å²) in [6.45, 7) is -1.16. The highest BCUT2D eigenvalue weighted by Crippen LogP contribution is 2.25. The third kappa shape index (κ3) is 5.10. The number of hydrogen-bond acceptors (Lipinski definition) is 3. The van der Waals surface area contributed by atoms with Gasteiger partial charge in [0.2, 0.25) is 5.91 Å². The number of aryl methyl sites for hydroxylation is 1. The zero-order valence-electron chi connectivity index (χ0n) is 12.3. The largest absolute Gasteiger partial charge is 0.433 e. The van der Waals surface area contributed by atoms with Crippen molar-refractivity contribution in [1.82, 2.24) is 0 Å². The van der Waals surface area contributed by atoms with E-state index in [0.717, 1.165) is 5.56 Å². The van der Waals surface area contributed by atoms with Crippen LogP contribution in [0.4, 0.5) is 20.2 Å². The van der Waals surface area contributed by atoms with E-state index in [1.165, 1.54) is 6.07 Å². The number of alkyl halides is 2. The van der Waals surface area contributed by atoms with Crippen LogP contribution < -0.4 is 15.4 Å². The first-order valence-corrected chi connectivity index (χ1v) is 7.17. The Labute approximate surface area is 137 Å². The van der Waals surface area contributed by atoms with Gasteiger partial charge in [-0.25, -0.2) is 0 Å². The van der Waals surface area contributed by atoms with Crippen LogP contribution in [0, 0.1) is 6.92 Å². The van der Waals surface area contributed by atoms with Gasteiger partial charge in [-0.15, -0.1) is 0 Å². The highest BCUT2D eigenvalue weighted by atomic mass is 35.5. The molecule has 1 amide bonds. The van der Waals surface area contributed by atoms with Crippen molar-refractivity contribution in [1.29, 1.82) is 0 Å². The van der Waals surface area contributed by atoms with Crippen molar-refractivity contribution < 1.29 is 18.3 Å². The van der Waals surface area contributed by atoms with Gasteiger partial charge < -0.3 is 15.4 Å². The van der Waals surface area contributed by atoms with Gasteiger partial charge in [-0.1, -0.05) is 29.8 Å². The van der Waals surface area contributed by atoms with Crippen molar-refractivity contribution in [3.63, 3.8) is 0 Å². The van der Waals surface area contributed by atoms with Gasteiger partial charge in [0.15, 0.2) is 0 Å². The van der Waals surface area contributed by atoms with Crippen LogP contribution in [0.3, 0.4) is 0 Å². The predicted octanol–water partition coefficient (Wildman–Crippen LogP) is 4.30. The predicted molar refractivity (Wildman–Crippen MR) is 86.4 cm³/mol. The Morgan fingerprint density at radius 2 is 1.96 bits per heavy atom. The zero-order chi connectivity index (χ0) is 16.8. The Hall–Kier alpha value is -2.34. The first kappa shape index (κ1) is 17.0. The molecule has 0 atom stereocenters. The second-order valence-corrected chi connectivity index (χ2v) is 5.17. The minimum Gasteiger partial charge on any atom is -0.433 e. The molecule has 0 radical (unpaired) electrons. The van der Waals surface area contributed by atoms with Crippen LogP contribution in [-0.4, -0.2) is 19.1 Å². The molecular weight excluding hydrogens is 326 g/mol. The number of carbonyl (C=O) groups excluding carboxylic acids is 1. The summed E-state index contributed by atoms with van der Waals surface area (Å²) >= 11 is 6.03. The van der Waals surface area contributed by atoms with Crippen LogP contribution in [0.5, 0.6) is 5.75 Å². The van der Waals surface area contributed by atoms with Gasteiger partial charge in [0.1, 0.15) is 5.75 Å². The molecule has 23 heavy (non-hydrogen) atoms. The van der Waals surface area contributed by atoms with Crippen molar-refractivity contribution in [2.45, 2.75) is 13.5 Å². The summed E-state index contributed by atoms with van der Waals surface area (Å²) in [5.41, 5.74) is 1.77. The van der Waals surface area contributed by atoms with Crippen LogP contribution >= 0.6 is 11.6 Å². The van der Waals surface area contributed by atoms with Crippen molar-refractivity contribution in [3.8, 4) is 5.75 Å². The van der Waals surface area contributed by atoms with Gasteiger partial charge in [0.05, 0.1) is 22.9 Å². The molecule has 0 unspecified atom stereocenters. The van der Waals surface area contributed by atoms with Crippen molar-refractivity contribution in [3.05, 3.63) is 53.1 Å². The molecule has 122 valence electrons. The molecule has 0 aliphatic carbocycles. The molecule has 2 N–H and O–H groups in total. The topological polar surface area (TPSA) is 50.4 Å². The van der Waals surface area contributed by atoms with E-state index in [0.29, 0.717) is 16.4 Å². The van der Waals surface area contributed by atoms with Crippen LogP contribution in [0.25, 0.3) is 0 Å². The smallest absolute Gasteiger partial charge is 0.387 e. The van der Waals surface area contributed by atoms with Crippen molar-refractivity contribution >= 4 is 28.9 Å². The fourth-order valence-electron chi connectivity index (χ4n) is 1.90. The van der Waals surface area contributed by atoms with E-state index in [1.54, 1.807) is 30.3 Å². The van der Waals surface area contributed by atoms with Crippen LogP contribution in [0.1, 0.15) is 5.56 Å². The fourth-order valence-corrected chi connectivity index (χ4v) is 2.19. The summed E-state index contributed by atoms with van der Waals surface area (Å²) in [4.78, 5) is 11.9. The van der Waals surface area contributed by atoms with Gasteiger partial charge in [0.25, 0.3) is 0 Å². The van der Waals surface area contributed by atoms with Crippen LogP contribution in [0.15, 0.2) is 42.5 Å². The highest BCUT2D eigenvalue weighted by molar-refractivity contribution is 6.33. The monoisotopic (exact) mass is 340 g/mol. The lowest BCUT2D eigenvalue weighted by Crippen LogP contribution is -2.22. The quantitative estimate of drug-likeness (QED) is 0.824. The van der Waals surface area contributed by atoms with Gasteiger partial charge in [-0.2, -0.15) is 8.78 Å². The first-order valence-electron chi connectivity index (χ1n) is 6.79. The Kier molecular flexibility index (Phi) is 5.76. The third-order valence-electron chi connectivity index (χ3n) is 2.94. The molecule has 4 nitrogen and oxygen atoms in total. The number of para-hydroxylation sites is 2. The van der Waals surface area contributed by atoms with E-state index >= 15 is 0 Å². The molecule has 0 saturated carbocycles. The molecule has 0 saturated heterocycles. The van der Waals surface area contributed by atoms with Crippen molar-refractivity contribution in [2.24, 2.45) is 0 Å². The van der Waals surface area contributed by atoms with Gasteiger partial charge in [0, 0.05) is 0 Å². The Morgan fingerprint density at radius 1 is 1.22 bits per heavy atom. The molecule has 0 aliphatic heterocycles. The van der Waals surface area contributed by atoms with Crippen LogP contribution in [0.2, 0.25) is 5.02 Å². The van der Waals surface area contributed by atoms with E-state index in [9.17, 15) is 13.6 Å². The minimum absolute atomic E-state index is 0.0244. The lowest BCUT2D eigenvalue weighted by Gasteiger charge is -2.13. The normalized spacial score (nSPS) is 10.5. The number of hydrogen-bond donors (Lipinski definition) is 2. The van der Waals surface area contributed by atoms with Gasteiger partial charge >= 0.3 is 6.61 Å².